The van der Waals surface area contributed by atoms with Crippen molar-refractivity contribution in [2.45, 2.75) is 26.8 Å². The molecule has 1 atom stereocenters. The molecular formula is C30H28N2O5. The van der Waals surface area contributed by atoms with E-state index in [2.05, 4.69) is 4.98 Å². The van der Waals surface area contributed by atoms with Gasteiger partial charge in [-0.3, -0.25) is 14.5 Å². The van der Waals surface area contributed by atoms with Crippen LogP contribution in [0, 0.1) is 20.8 Å². The van der Waals surface area contributed by atoms with Crippen LogP contribution in [0.25, 0.3) is 16.7 Å². The van der Waals surface area contributed by atoms with Crippen molar-refractivity contribution in [1.82, 2.24) is 4.98 Å². The number of nitrogens with zero attached hydrogens (tertiary/aromatic N) is 1. The summed E-state index contributed by atoms with van der Waals surface area (Å²) in [7, 11) is 3.00. The Morgan fingerprint density at radius 1 is 0.919 bits per heavy atom. The minimum Gasteiger partial charge on any atom is -0.507 e. The molecule has 4 aromatic rings. The highest BCUT2D eigenvalue weighted by Gasteiger charge is 2.48. The molecule has 0 saturated carbocycles. The van der Waals surface area contributed by atoms with Gasteiger partial charge in [-0.15, -0.1) is 0 Å². The molecule has 1 aliphatic rings. The highest BCUT2D eigenvalue weighted by Crippen LogP contribution is 2.46. The SMILES string of the molecule is COc1ccc(/C(O)=C2\C(=O)C(=O)N(c3cc(C)cc(C)c3)C2c2c(C)[nH]c3ccccc23)c(OC)c1. The number of nitrogens with one attached hydrogen (secondary N) is 1. The Balaban J connectivity index is 1.83. The highest BCUT2D eigenvalue weighted by atomic mass is 16.5. The lowest BCUT2D eigenvalue weighted by molar-refractivity contribution is -0.132. The molecule has 0 spiro atoms. The molecule has 1 fully saturated rings. The molecule has 5 rings (SSSR count). The normalized spacial score (nSPS) is 17.0. The van der Waals surface area contributed by atoms with Crippen molar-refractivity contribution in [3.63, 3.8) is 0 Å². The molecule has 0 aliphatic carbocycles. The van der Waals surface area contributed by atoms with Gasteiger partial charge in [0.15, 0.2) is 0 Å². The fraction of sp³-hybridized carbons (Fsp3) is 0.200. The van der Waals surface area contributed by atoms with Gasteiger partial charge in [0, 0.05) is 33.9 Å². The van der Waals surface area contributed by atoms with E-state index in [1.807, 2.05) is 63.2 Å². The summed E-state index contributed by atoms with van der Waals surface area (Å²) in [5, 5.41) is 12.5. The van der Waals surface area contributed by atoms with E-state index in [1.165, 1.54) is 19.1 Å². The topological polar surface area (TPSA) is 91.9 Å². The van der Waals surface area contributed by atoms with Crippen molar-refractivity contribution in [3.05, 3.63) is 94.2 Å². The number of ketones is 1. The Bertz CT molecular complexity index is 1580. The number of aryl methyl sites for hydroxylation is 3. The van der Waals surface area contributed by atoms with Crippen LogP contribution in [0.4, 0.5) is 5.69 Å². The first-order valence-electron chi connectivity index (χ1n) is 11.9. The molecule has 7 heteroatoms. The lowest BCUT2D eigenvalue weighted by atomic mass is 9.92. The van der Waals surface area contributed by atoms with Gasteiger partial charge >= 0.3 is 0 Å². The number of aromatic nitrogens is 1. The van der Waals surface area contributed by atoms with E-state index in [0.717, 1.165) is 33.3 Å². The molecule has 2 heterocycles. The molecule has 0 radical (unpaired) electrons. The van der Waals surface area contributed by atoms with E-state index in [4.69, 9.17) is 9.47 Å². The van der Waals surface area contributed by atoms with Crippen LogP contribution in [0.1, 0.15) is 34.0 Å². The maximum atomic E-state index is 13.7. The van der Waals surface area contributed by atoms with Crippen molar-refractivity contribution in [2.24, 2.45) is 0 Å². The van der Waals surface area contributed by atoms with E-state index < -0.39 is 17.7 Å². The van der Waals surface area contributed by atoms with E-state index >= 15 is 0 Å². The zero-order valence-electron chi connectivity index (χ0n) is 21.4. The van der Waals surface area contributed by atoms with Crippen molar-refractivity contribution in [3.8, 4) is 11.5 Å². The van der Waals surface area contributed by atoms with Crippen LogP contribution >= 0.6 is 0 Å². The van der Waals surface area contributed by atoms with E-state index in [1.54, 1.807) is 18.2 Å². The number of benzene rings is 3. The minimum absolute atomic E-state index is 0.000444. The largest absolute Gasteiger partial charge is 0.507 e. The number of hydrogen-bond acceptors (Lipinski definition) is 5. The number of H-pyrrole nitrogens is 1. The van der Waals surface area contributed by atoms with Crippen LogP contribution in [0.3, 0.4) is 0 Å². The third kappa shape index (κ3) is 3.93. The van der Waals surface area contributed by atoms with Crippen LogP contribution in [0.5, 0.6) is 11.5 Å². The second kappa shape index (κ2) is 9.17. The molecule has 1 aromatic heterocycles. The van der Waals surface area contributed by atoms with E-state index in [9.17, 15) is 14.7 Å². The Kier molecular flexibility index (Phi) is 5.99. The number of fused-ring (bicyclic) bond motifs is 1. The van der Waals surface area contributed by atoms with Crippen LogP contribution < -0.4 is 14.4 Å². The summed E-state index contributed by atoms with van der Waals surface area (Å²) < 4.78 is 10.8. The number of ether oxygens (including phenoxy) is 2. The molecule has 1 amide bonds. The average Bonchev–Trinajstić information content (AvgIpc) is 3.34. The highest BCUT2D eigenvalue weighted by molar-refractivity contribution is 6.52. The van der Waals surface area contributed by atoms with Gasteiger partial charge in [0.05, 0.1) is 31.4 Å². The third-order valence-corrected chi connectivity index (χ3v) is 6.81. The quantitative estimate of drug-likeness (QED) is 0.209. The molecule has 1 aliphatic heterocycles. The number of amides is 1. The van der Waals surface area contributed by atoms with Gasteiger partial charge < -0.3 is 19.6 Å². The molecule has 1 saturated heterocycles. The number of carbonyl (C=O) groups is 2. The predicted molar refractivity (Wildman–Crippen MR) is 143 cm³/mol. The van der Waals surface area contributed by atoms with Gasteiger partial charge in [0.1, 0.15) is 17.3 Å². The maximum absolute atomic E-state index is 13.7. The van der Waals surface area contributed by atoms with Crippen LogP contribution in [0.2, 0.25) is 0 Å². The molecule has 2 N–H and O–H groups in total. The first-order chi connectivity index (χ1) is 17.7. The lowest BCUT2D eigenvalue weighted by Crippen LogP contribution is -2.29. The Morgan fingerprint density at radius 3 is 2.30 bits per heavy atom. The van der Waals surface area contributed by atoms with E-state index in [-0.39, 0.29) is 11.3 Å². The number of aromatic amines is 1. The molecule has 188 valence electrons. The summed E-state index contributed by atoms with van der Waals surface area (Å²) in [6.07, 6.45) is 0. The van der Waals surface area contributed by atoms with Gasteiger partial charge in [-0.2, -0.15) is 0 Å². The van der Waals surface area contributed by atoms with E-state index in [0.29, 0.717) is 22.7 Å². The summed E-state index contributed by atoms with van der Waals surface area (Å²) in [6, 6.07) is 17.6. The Labute approximate surface area is 214 Å². The van der Waals surface area contributed by atoms with Gasteiger partial charge in [-0.25, -0.2) is 0 Å². The van der Waals surface area contributed by atoms with Crippen molar-refractivity contribution >= 4 is 34.0 Å². The summed E-state index contributed by atoms with van der Waals surface area (Å²) >= 11 is 0. The molecule has 0 bridgehead atoms. The zero-order chi connectivity index (χ0) is 26.4. The fourth-order valence-corrected chi connectivity index (χ4v) is 5.25. The summed E-state index contributed by atoms with van der Waals surface area (Å²) in [5.74, 6) is -0.908. The second-order valence-corrected chi connectivity index (χ2v) is 9.29. The number of aliphatic hydroxyl groups is 1. The summed E-state index contributed by atoms with van der Waals surface area (Å²) in [6.45, 7) is 5.80. The number of aliphatic hydroxyl groups excluding tert-OH is 1. The van der Waals surface area contributed by atoms with Gasteiger partial charge in [0.2, 0.25) is 0 Å². The van der Waals surface area contributed by atoms with Crippen LogP contribution in [-0.4, -0.2) is 36.0 Å². The van der Waals surface area contributed by atoms with Gasteiger partial charge in [0.25, 0.3) is 11.7 Å². The standard InChI is InChI=1S/C30H28N2O5/c1-16-12-17(2)14-19(13-16)32-27(25-18(3)31-23-9-7-6-8-21(23)25)26(29(34)30(32)35)28(33)22-11-10-20(36-4)15-24(22)37-5/h6-15,27,31,33H,1-5H3/b28-26+. The smallest absolute Gasteiger partial charge is 0.300 e. The van der Waals surface area contributed by atoms with Gasteiger partial charge in [-0.1, -0.05) is 24.3 Å². The number of hydrogen-bond donors (Lipinski definition) is 2. The molecular weight excluding hydrogens is 468 g/mol. The first kappa shape index (κ1) is 24.2. The fourth-order valence-electron chi connectivity index (χ4n) is 5.25. The Morgan fingerprint density at radius 2 is 1.62 bits per heavy atom. The molecule has 1 unspecified atom stereocenters. The monoisotopic (exact) mass is 496 g/mol. The van der Waals surface area contributed by atoms with Crippen LogP contribution in [0.15, 0.2) is 66.2 Å². The van der Waals surface area contributed by atoms with Gasteiger partial charge in [-0.05, 0) is 62.2 Å². The number of para-hydroxylation sites is 1. The number of Topliss-reactive ketones (excluding diaryl/α,β-unsaturated/α-hetero) is 1. The molecule has 37 heavy (non-hydrogen) atoms. The number of anilines is 1. The van der Waals surface area contributed by atoms with Crippen molar-refractivity contribution < 1.29 is 24.2 Å². The minimum atomic E-state index is -0.857. The zero-order valence-corrected chi connectivity index (χ0v) is 21.4. The van der Waals surface area contributed by atoms with Crippen LogP contribution in [-0.2, 0) is 9.59 Å². The van der Waals surface area contributed by atoms with Crippen molar-refractivity contribution in [2.75, 3.05) is 19.1 Å². The lowest BCUT2D eigenvalue weighted by Gasteiger charge is -2.26. The maximum Gasteiger partial charge on any atom is 0.300 e. The first-order valence-corrected chi connectivity index (χ1v) is 11.9. The number of carbonyl (C=O) groups excluding carboxylic acids is 2. The number of rotatable bonds is 5. The predicted octanol–water partition coefficient (Wildman–Crippen LogP) is 5.74. The number of methoxy groups -OCH3 is 2. The molecule has 3 aromatic carbocycles. The summed E-state index contributed by atoms with van der Waals surface area (Å²) in [4.78, 5) is 32.2. The Hall–Kier alpha value is -4.52. The third-order valence-electron chi connectivity index (χ3n) is 6.81. The molecule has 7 nitrogen and oxygen atoms in total. The average molecular weight is 497 g/mol. The second-order valence-electron chi connectivity index (χ2n) is 9.29. The van der Waals surface area contributed by atoms with Crippen molar-refractivity contribution in [1.29, 1.82) is 0 Å². The summed E-state index contributed by atoms with van der Waals surface area (Å²) in [5.41, 5.74) is 5.24.